The van der Waals surface area contributed by atoms with Gasteiger partial charge < -0.3 is 9.30 Å². The van der Waals surface area contributed by atoms with E-state index in [-0.39, 0.29) is 0 Å². The van der Waals surface area contributed by atoms with Crippen LogP contribution in [0.4, 0.5) is 0 Å². The molecule has 3 nitrogen and oxygen atoms in total. The van der Waals surface area contributed by atoms with Crippen LogP contribution in [0.5, 0.6) is 5.75 Å². The molecular formula is C20H24N2O. The van der Waals surface area contributed by atoms with Crippen LogP contribution in [0.1, 0.15) is 31.2 Å². The van der Waals surface area contributed by atoms with E-state index >= 15 is 0 Å². The lowest BCUT2D eigenvalue weighted by molar-refractivity contribution is 0.303. The summed E-state index contributed by atoms with van der Waals surface area (Å²) in [5.41, 5.74) is 3.65. The zero-order valence-electron chi connectivity index (χ0n) is 14.0. The van der Waals surface area contributed by atoms with Gasteiger partial charge in [0.1, 0.15) is 11.6 Å². The van der Waals surface area contributed by atoms with Crippen LogP contribution in [0.3, 0.4) is 0 Å². The van der Waals surface area contributed by atoms with Gasteiger partial charge in [-0.25, -0.2) is 4.98 Å². The van der Waals surface area contributed by atoms with E-state index in [9.17, 15) is 0 Å². The van der Waals surface area contributed by atoms with Crippen LogP contribution >= 0.6 is 0 Å². The number of aromatic nitrogens is 2. The second-order valence-corrected chi connectivity index (χ2v) is 5.89. The van der Waals surface area contributed by atoms with E-state index < -0.39 is 0 Å². The molecule has 0 saturated heterocycles. The highest BCUT2D eigenvalue weighted by Gasteiger charge is 2.09. The summed E-state index contributed by atoms with van der Waals surface area (Å²) in [5.74, 6) is 2.13. The van der Waals surface area contributed by atoms with Crippen LogP contribution in [-0.4, -0.2) is 16.2 Å². The topological polar surface area (TPSA) is 27.1 Å². The summed E-state index contributed by atoms with van der Waals surface area (Å²) in [4.78, 5) is 4.75. The van der Waals surface area contributed by atoms with Crippen molar-refractivity contribution in [3.8, 4) is 5.75 Å². The predicted octanol–water partition coefficient (Wildman–Crippen LogP) is 4.77. The zero-order valence-corrected chi connectivity index (χ0v) is 14.0. The monoisotopic (exact) mass is 308 g/mol. The van der Waals surface area contributed by atoms with Crippen LogP contribution in [0, 0.1) is 6.92 Å². The smallest absolute Gasteiger partial charge is 0.119 e. The first-order chi connectivity index (χ1) is 11.3. The minimum atomic E-state index is 0.761. The van der Waals surface area contributed by atoms with Gasteiger partial charge >= 0.3 is 0 Å². The first-order valence-electron chi connectivity index (χ1n) is 8.41. The molecular weight excluding hydrogens is 284 g/mol. The molecule has 0 aliphatic rings. The number of fused-ring (bicyclic) bond motifs is 1. The van der Waals surface area contributed by atoms with E-state index in [1.165, 1.54) is 16.9 Å². The quantitative estimate of drug-likeness (QED) is 0.588. The molecule has 2 aromatic carbocycles. The Morgan fingerprint density at radius 3 is 2.65 bits per heavy atom. The molecule has 0 saturated carbocycles. The minimum Gasteiger partial charge on any atom is -0.494 e. The molecule has 1 heterocycles. The van der Waals surface area contributed by atoms with Crippen molar-refractivity contribution in [1.29, 1.82) is 0 Å². The van der Waals surface area contributed by atoms with E-state index in [4.69, 9.17) is 9.72 Å². The van der Waals surface area contributed by atoms with Crippen molar-refractivity contribution in [2.75, 3.05) is 6.61 Å². The molecule has 0 aliphatic heterocycles. The normalized spacial score (nSPS) is 11.0. The molecule has 0 aliphatic carbocycles. The van der Waals surface area contributed by atoms with Gasteiger partial charge in [0, 0.05) is 13.0 Å². The largest absolute Gasteiger partial charge is 0.494 e. The maximum absolute atomic E-state index is 5.76. The highest BCUT2D eigenvalue weighted by molar-refractivity contribution is 5.76. The summed E-state index contributed by atoms with van der Waals surface area (Å²) in [5, 5.41) is 0. The van der Waals surface area contributed by atoms with Crippen LogP contribution < -0.4 is 4.74 Å². The fraction of sp³-hybridized carbons (Fsp3) is 0.350. The van der Waals surface area contributed by atoms with E-state index in [0.717, 1.165) is 43.7 Å². The van der Waals surface area contributed by atoms with Crippen molar-refractivity contribution in [2.45, 2.75) is 39.7 Å². The van der Waals surface area contributed by atoms with Crippen LogP contribution in [0.2, 0.25) is 0 Å². The number of nitrogens with zero attached hydrogens (tertiary/aromatic N) is 2. The third kappa shape index (κ3) is 3.73. The predicted molar refractivity (Wildman–Crippen MR) is 95.0 cm³/mol. The molecule has 0 atom stereocenters. The Labute approximate surface area is 137 Å². The third-order valence-electron chi connectivity index (χ3n) is 4.09. The molecule has 3 rings (SSSR count). The van der Waals surface area contributed by atoms with Gasteiger partial charge in [-0.15, -0.1) is 0 Å². The molecule has 0 N–H and O–H groups in total. The molecule has 0 unspecified atom stereocenters. The maximum atomic E-state index is 5.76. The van der Waals surface area contributed by atoms with Gasteiger partial charge in [-0.1, -0.05) is 31.2 Å². The number of imidazole rings is 1. The van der Waals surface area contributed by atoms with Gasteiger partial charge in [0.25, 0.3) is 0 Å². The van der Waals surface area contributed by atoms with Crippen molar-refractivity contribution < 1.29 is 4.74 Å². The molecule has 0 spiro atoms. The number of rotatable bonds is 7. The van der Waals surface area contributed by atoms with Crippen molar-refractivity contribution in [1.82, 2.24) is 9.55 Å². The number of aryl methyl sites for hydroxylation is 3. The second kappa shape index (κ2) is 7.32. The zero-order chi connectivity index (χ0) is 16.1. The van der Waals surface area contributed by atoms with Crippen molar-refractivity contribution in [3.63, 3.8) is 0 Å². The average molecular weight is 308 g/mol. The minimum absolute atomic E-state index is 0.761. The summed E-state index contributed by atoms with van der Waals surface area (Å²) in [6.07, 6.45) is 3.11. The summed E-state index contributed by atoms with van der Waals surface area (Å²) >= 11 is 0. The molecule has 0 radical (unpaired) electrons. The number of hydrogen-bond acceptors (Lipinski definition) is 2. The second-order valence-electron chi connectivity index (χ2n) is 5.89. The highest BCUT2D eigenvalue weighted by Crippen LogP contribution is 2.19. The maximum Gasteiger partial charge on any atom is 0.119 e. The Bertz CT molecular complexity index is 762. The van der Waals surface area contributed by atoms with Gasteiger partial charge in [0.05, 0.1) is 17.6 Å². The molecule has 1 aromatic heterocycles. The number of ether oxygens (including phenoxy) is 1. The average Bonchev–Trinajstić information content (AvgIpc) is 2.92. The molecule has 120 valence electrons. The van der Waals surface area contributed by atoms with E-state index in [0.29, 0.717) is 0 Å². The lowest BCUT2D eigenvalue weighted by Crippen LogP contribution is -2.05. The number of unbranched alkanes of at least 4 members (excludes halogenated alkanes) is 1. The first kappa shape index (κ1) is 15.6. The van der Waals surface area contributed by atoms with Gasteiger partial charge in [-0.2, -0.15) is 0 Å². The summed E-state index contributed by atoms with van der Waals surface area (Å²) < 4.78 is 8.13. The molecule has 3 heteroatoms. The van der Waals surface area contributed by atoms with Crippen LogP contribution in [-0.2, 0) is 13.0 Å². The Kier molecular flexibility index (Phi) is 4.96. The molecule has 0 fully saturated rings. The Balaban J connectivity index is 1.59. The van der Waals surface area contributed by atoms with Crippen molar-refractivity contribution in [3.05, 3.63) is 59.9 Å². The Morgan fingerprint density at radius 1 is 1.04 bits per heavy atom. The van der Waals surface area contributed by atoms with Gasteiger partial charge in [0.2, 0.25) is 0 Å². The number of hydrogen-bond donors (Lipinski definition) is 0. The van der Waals surface area contributed by atoms with Crippen molar-refractivity contribution in [2.24, 2.45) is 0 Å². The van der Waals surface area contributed by atoms with E-state index in [2.05, 4.69) is 36.6 Å². The molecule has 23 heavy (non-hydrogen) atoms. The van der Waals surface area contributed by atoms with Crippen LogP contribution in [0.15, 0.2) is 48.5 Å². The Hall–Kier alpha value is -2.29. The molecule has 3 aromatic rings. The summed E-state index contributed by atoms with van der Waals surface area (Å²) in [7, 11) is 0. The van der Waals surface area contributed by atoms with Gasteiger partial charge in [-0.3, -0.25) is 0 Å². The summed E-state index contributed by atoms with van der Waals surface area (Å²) in [6.45, 7) is 6.07. The first-order valence-corrected chi connectivity index (χ1v) is 8.41. The number of benzene rings is 2. The number of para-hydroxylation sites is 1. The Morgan fingerprint density at radius 2 is 1.87 bits per heavy atom. The molecule has 0 amide bonds. The lowest BCUT2D eigenvalue weighted by Gasteiger charge is -2.09. The SMILES string of the molecule is CCc1nc2ccc(C)cc2n1CCCCOc1ccccc1. The molecule has 0 bridgehead atoms. The van der Waals surface area contributed by atoms with Crippen LogP contribution in [0.25, 0.3) is 11.0 Å². The van der Waals surface area contributed by atoms with Crippen molar-refractivity contribution >= 4 is 11.0 Å². The third-order valence-corrected chi connectivity index (χ3v) is 4.09. The standard InChI is InChI=1S/C20H24N2O/c1-3-20-21-18-12-11-16(2)15-19(18)22(20)13-7-8-14-23-17-9-5-4-6-10-17/h4-6,9-12,15H,3,7-8,13-14H2,1-2H3. The lowest BCUT2D eigenvalue weighted by atomic mass is 10.2. The van der Waals surface area contributed by atoms with E-state index in [1.54, 1.807) is 0 Å². The fourth-order valence-electron chi connectivity index (χ4n) is 2.88. The van der Waals surface area contributed by atoms with Gasteiger partial charge in [-0.05, 0) is 49.6 Å². The summed E-state index contributed by atoms with van der Waals surface area (Å²) in [6, 6.07) is 16.5. The highest BCUT2D eigenvalue weighted by atomic mass is 16.5. The fourth-order valence-corrected chi connectivity index (χ4v) is 2.88. The van der Waals surface area contributed by atoms with Gasteiger partial charge in [0.15, 0.2) is 0 Å². The van der Waals surface area contributed by atoms with E-state index in [1.807, 2.05) is 30.3 Å².